The molecule has 0 aliphatic heterocycles. The summed E-state index contributed by atoms with van der Waals surface area (Å²) in [4.78, 5) is 14.2. The van der Waals surface area contributed by atoms with E-state index in [1.165, 1.54) is 0 Å². The minimum absolute atomic E-state index is 0.131. The highest BCUT2D eigenvalue weighted by Gasteiger charge is 2.26. The first-order chi connectivity index (χ1) is 10.2. The molecule has 0 N–H and O–H groups in total. The lowest BCUT2D eigenvalue weighted by molar-refractivity contribution is 0.0219. The van der Waals surface area contributed by atoms with Gasteiger partial charge in [0.1, 0.15) is 5.60 Å². The van der Waals surface area contributed by atoms with Crippen LogP contribution in [0, 0.1) is 0 Å². The highest BCUT2D eigenvalue weighted by Crippen LogP contribution is 2.17. The molecule has 0 heterocycles. The van der Waals surface area contributed by atoms with Gasteiger partial charge in [0.15, 0.2) is 0 Å². The van der Waals surface area contributed by atoms with E-state index in [2.05, 4.69) is 13.2 Å². The van der Waals surface area contributed by atoms with Crippen molar-refractivity contribution in [1.29, 1.82) is 0 Å². The van der Waals surface area contributed by atoms with Crippen LogP contribution >= 0.6 is 0 Å². The number of nitrogens with zero attached hydrogens (tertiary/aromatic N) is 1. The molecule has 0 saturated carbocycles. The van der Waals surface area contributed by atoms with Crippen molar-refractivity contribution in [2.24, 2.45) is 0 Å². The van der Waals surface area contributed by atoms with E-state index in [1.807, 2.05) is 58.0 Å². The van der Waals surface area contributed by atoms with Gasteiger partial charge < -0.3 is 4.74 Å². The molecule has 120 valence electrons. The highest BCUT2D eigenvalue weighted by molar-refractivity contribution is 5.69. The predicted octanol–water partition coefficient (Wildman–Crippen LogP) is 4.60. The van der Waals surface area contributed by atoms with Gasteiger partial charge in [-0.05, 0) is 39.7 Å². The SMILES string of the molecule is C=CC(Cc1ccccc1)N(CC(=C)C)C(=O)OC(C)(C)C. The third-order valence-corrected chi connectivity index (χ3v) is 3.03. The fraction of sp³-hybridized carbons (Fsp3) is 0.421. The summed E-state index contributed by atoms with van der Waals surface area (Å²) in [7, 11) is 0. The molecule has 0 fully saturated rings. The van der Waals surface area contributed by atoms with Gasteiger partial charge in [-0.1, -0.05) is 48.6 Å². The first kappa shape index (κ1) is 18.0. The van der Waals surface area contributed by atoms with E-state index in [-0.39, 0.29) is 12.1 Å². The Kier molecular flexibility index (Phi) is 6.41. The van der Waals surface area contributed by atoms with Crippen LogP contribution in [0.2, 0.25) is 0 Å². The second-order valence-electron chi connectivity index (χ2n) is 6.56. The van der Waals surface area contributed by atoms with Crippen LogP contribution in [0.1, 0.15) is 33.3 Å². The Hall–Kier alpha value is -2.03. The van der Waals surface area contributed by atoms with E-state index in [0.717, 1.165) is 11.1 Å². The Morgan fingerprint density at radius 2 is 1.91 bits per heavy atom. The molecule has 0 bridgehead atoms. The smallest absolute Gasteiger partial charge is 0.411 e. The summed E-state index contributed by atoms with van der Waals surface area (Å²) in [6.45, 7) is 15.8. The van der Waals surface area contributed by atoms with Crippen LogP contribution in [0.25, 0.3) is 0 Å². The first-order valence-electron chi connectivity index (χ1n) is 7.53. The summed E-state index contributed by atoms with van der Waals surface area (Å²) in [5, 5.41) is 0. The molecule has 0 aliphatic carbocycles. The lowest BCUT2D eigenvalue weighted by Crippen LogP contribution is -2.44. The third kappa shape index (κ3) is 6.17. The van der Waals surface area contributed by atoms with Crippen molar-refractivity contribution in [3.63, 3.8) is 0 Å². The summed E-state index contributed by atoms with van der Waals surface area (Å²) in [6, 6.07) is 9.92. The Morgan fingerprint density at radius 1 is 1.32 bits per heavy atom. The average molecular weight is 301 g/mol. The Bertz CT molecular complexity index is 514. The monoisotopic (exact) mass is 301 g/mol. The number of rotatable bonds is 6. The van der Waals surface area contributed by atoms with Crippen molar-refractivity contribution < 1.29 is 9.53 Å². The van der Waals surface area contributed by atoms with Crippen LogP contribution in [-0.4, -0.2) is 29.2 Å². The molecule has 1 amide bonds. The molecule has 0 aliphatic rings. The number of benzene rings is 1. The number of hydrogen-bond acceptors (Lipinski definition) is 2. The lowest BCUT2D eigenvalue weighted by atomic mass is 10.0. The number of hydrogen-bond donors (Lipinski definition) is 0. The molecular weight excluding hydrogens is 274 g/mol. The van der Waals surface area contributed by atoms with Crippen molar-refractivity contribution in [1.82, 2.24) is 4.90 Å². The molecule has 1 unspecified atom stereocenters. The maximum absolute atomic E-state index is 12.5. The number of carbonyl (C=O) groups is 1. The van der Waals surface area contributed by atoms with Gasteiger partial charge in [-0.3, -0.25) is 4.90 Å². The number of ether oxygens (including phenoxy) is 1. The summed E-state index contributed by atoms with van der Waals surface area (Å²) < 4.78 is 5.52. The van der Waals surface area contributed by atoms with E-state index < -0.39 is 5.60 Å². The van der Waals surface area contributed by atoms with E-state index in [1.54, 1.807) is 11.0 Å². The Labute approximate surface area is 134 Å². The predicted molar refractivity (Wildman–Crippen MR) is 91.9 cm³/mol. The topological polar surface area (TPSA) is 29.5 Å². The average Bonchev–Trinajstić information content (AvgIpc) is 2.41. The van der Waals surface area contributed by atoms with Crippen molar-refractivity contribution >= 4 is 6.09 Å². The third-order valence-electron chi connectivity index (χ3n) is 3.03. The molecule has 1 aromatic carbocycles. The van der Waals surface area contributed by atoms with Crippen molar-refractivity contribution in [2.75, 3.05) is 6.54 Å². The minimum Gasteiger partial charge on any atom is -0.444 e. The summed E-state index contributed by atoms with van der Waals surface area (Å²) in [5.41, 5.74) is 1.54. The van der Waals surface area contributed by atoms with E-state index >= 15 is 0 Å². The van der Waals surface area contributed by atoms with Crippen LogP contribution in [0.15, 0.2) is 55.1 Å². The van der Waals surface area contributed by atoms with Gasteiger partial charge in [0.05, 0.1) is 6.04 Å². The maximum Gasteiger partial charge on any atom is 0.411 e. The second kappa shape index (κ2) is 7.83. The highest BCUT2D eigenvalue weighted by atomic mass is 16.6. The van der Waals surface area contributed by atoms with Crippen LogP contribution in [0.5, 0.6) is 0 Å². The summed E-state index contributed by atoms with van der Waals surface area (Å²) in [6.07, 6.45) is 2.16. The fourth-order valence-electron chi connectivity index (χ4n) is 2.10. The van der Waals surface area contributed by atoms with E-state index in [4.69, 9.17) is 4.74 Å². The fourth-order valence-corrected chi connectivity index (χ4v) is 2.10. The minimum atomic E-state index is -0.525. The standard InChI is InChI=1S/C19H27NO2/c1-7-17(13-16-11-9-8-10-12-16)20(14-15(2)3)18(21)22-19(4,5)6/h7-12,17H,1-2,13-14H2,3-6H3. The molecule has 0 saturated heterocycles. The van der Waals surface area contributed by atoms with Crippen molar-refractivity contribution in [2.45, 2.75) is 45.8 Å². The van der Waals surface area contributed by atoms with Gasteiger partial charge in [-0.2, -0.15) is 0 Å². The maximum atomic E-state index is 12.5. The van der Waals surface area contributed by atoms with Crippen LogP contribution in [-0.2, 0) is 11.2 Å². The van der Waals surface area contributed by atoms with Gasteiger partial charge in [0, 0.05) is 6.54 Å². The molecule has 3 nitrogen and oxygen atoms in total. The molecule has 1 aromatic rings. The molecule has 0 radical (unpaired) electrons. The van der Waals surface area contributed by atoms with Crippen molar-refractivity contribution in [3.05, 3.63) is 60.7 Å². The zero-order chi connectivity index (χ0) is 16.8. The van der Waals surface area contributed by atoms with Crippen LogP contribution in [0.3, 0.4) is 0 Å². The lowest BCUT2D eigenvalue weighted by Gasteiger charge is -2.32. The molecule has 0 spiro atoms. The zero-order valence-electron chi connectivity index (χ0n) is 14.1. The number of amides is 1. The Morgan fingerprint density at radius 3 is 2.36 bits per heavy atom. The van der Waals surface area contributed by atoms with E-state index in [9.17, 15) is 4.79 Å². The van der Waals surface area contributed by atoms with Gasteiger partial charge >= 0.3 is 6.09 Å². The molecule has 1 rings (SSSR count). The van der Waals surface area contributed by atoms with Gasteiger partial charge in [-0.15, -0.1) is 6.58 Å². The van der Waals surface area contributed by atoms with Crippen molar-refractivity contribution in [3.8, 4) is 0 Å². The zero-order valence-corrected chi connectivity index (χ0v) is 14.1. The Balaban J connectivity index is 2.94. The summed E-state index contributed by atoms with van der Waals surface area (Å²) in [5.74, 6) is 0. The molecule has 3 heteroatoms. The van der Waals surface area contributed by atoms with Crippen LogP contribution < -0.4 is 0 Å². The van der Waals surface area contributed by atoms with Crippen LogP contribution in [0.4, 0.5) is 4.79 Å². The summed E-state index contributed by atoms with van der Waals surface area (Å²) >= 11 is 0. The molecule has 1 atom stereocenters. The second-order valence-corrected chi connectivity index (χ2v) is 6.56. The first-order valence-corrected chi connectivity index (χ1v) is 7.53. The van der Waals surface area contributed by atoms with Gasteiger partial charge in [0.25, 0.3) is 0 Å². The molecule has 22 heavy (non-hydrogen) atoms. The largest absolute Gasteiger partial charge is 0.444 e. The number of carbonyl (C=O) groups excluding carboxylic acids is 1. The molecule has 0 aromatic heterocycles. The molecular formula is C19H27NO2. The van der Waals surface area contributed by atoms with E-state index in [0.29, 0.717) is 13.0 Å². The van der Waals surface area contributed by atoms with Gasteiger partial charge in [0.2, 0.25) is 0 Å². The quantitative estimate of drug-likeness (QED) is 0.719. The normalized spacial score (nSPS) is 12.4. The van der Waals surface area contributed by atoms with Gasteiger partial charge in [-0.25, -0.2) is 4.79 Å².